The highest BCUT2D eigenvalue weighted by molar-refractivity contribution is 8.01. The van der Waals surface area contributed by atoms with E-state index in [2.05, 4.69) is 14.3 Å². The summed E-state index contributed by atoms with van der Waals surface area (Å²) in [6.07, 6.45) is -3.41. The van der Waals surface area contributed by atoms with Crippen LogP contribution < -0.4 is 0 Å². The Morgan fingerprint density at radius 1 is 1.37 bits per heavy atom. The van der Waals surface area contributed by atoms with Crippen LogP contribution in [-0.2, 0) is 6.18 Å². The fraction of sp³-hybridized carbons (Fsp3) is 0.111. The lowest BCUT2D eigenvalue weighted by molar-refractivity contribution is -0.141. The molecule has 10 heteroatoms. The van der Waals surface area contributed by atoms with E-state index in [1.807, 2.05) is 0 Å². The molecule has 0 aromatic carbocycles. The highest BCUT2D eigenvalue weighted by Crippen LogP contribution is 2.34. The number of hydrogen-bond acceptors (Lipinski definition) is 6. The molecule has 1 N–H and O–H groups in total. The smallest absolute Gasteiger partial charge is 0.433 e. The lowest BCUT2D eigenvalue weighted by Crippen LogP contribution is -2.11. The second-order valence-electron chi connectivity index (χ2n) is 3.16. The molecule has 0 aliphatic rings. The Morgan fingerprint density at radius 3 is 2.63 bits per heavy atom. The summed E-state index contributed by atoms with van der Waals surface area (Å²) in [7, 11) is 0. The minimum atomic E-state index is -4.63. The maximum absolute atomic E-state index is 12.5. The SMILES string of the molecule is O=C(O)c1ccc(C(F)(F)F)nc1Sc1ncns1. The number of aromatic nitrogens is 3. The maximum atomic E-state index is 12.5. The van der Waals surface area contributed by atoms with E-state index < -0.39 is 17.8 Å². The average molecular weight is 307 g/mol. The molecule has 0 fully saturated rings. The number of halogens is 3. The Hall–Kier alpha value is -1.68. The predicted octanol–water partition coefficient (Wildman–Crippen LogP) is 2.80. The van der Waals surface area contributed by atoms with Crippen molar-refractivity contribution < 1.29 is 23.1 Å². The van der Waals surface area contributed by atoms with Gasteiger partial charge in [-0.3, -0.25) is 0 Å². The molecule has 0 aliphatic carbocycles. The molecule has 0 saturated heterocycles. The van der Waals surface area contributed by atoms with Crippen LogP contribution in [0.3, 0.4) is 0 Å². The first-order valence-corrected chi connectivity index (χ1v) is 6.23. The molecule has 0 unspecified atom stereocenters. The van der Waals surface area contributed by atoms with Gasteiger partial charge in [-0.25, -0.2) is 14.8 Å². The number of alkyl halides is 3. The van der Waals surface area contributed by atoms with Crippen LogP contribution in [0.4, 0.5) is 13.2 Å². The van der Waals surface area contributed by atoms with Crippen molar-refractivity contribution in [1.82, 2.24) is 14.3 Å². The molecular formula is C9H4F3N3O2S2. The quantitative estimate of drug-likeness (QED) is 0.939. The lowest BCUT2D eigenvalue weighted by atomic mass is 10.2. The molecule has 100 valence electrons. The Bertz CT molecular complexity index is 601. The fourth-order valence-electron chi connectivity index (χ4n) is 1.13. The number of nitrogens with zero attached hydrogens (tertiary/aromatic N) is 3. The second-order valence-corrected chi connectivity index (χ2v) is 5.18. The largest absolute Gasteiger partial charge is 0.478 e. The van der Waals surface area contributed by atoms with Gasteiger partial charge in [0.1, 0.15) is 17.0 Å². The molecule has 0 aliphatic heterocycles. The van der Waals surface area contributed by atoms with E-state index in [4.69, 9.17) is 5.11 Å². The van der Waals surface area contributed by atoms with Crippen LogP contribution in [0.5, 0.6) is 0 Å². The van der Waals surface area contributed by atoms with Crippen molar-refractivity contribution in [2.24, 2.45) is 0 Å². The summed E-state index contributed by atoms with van der Waals surface area (Å²) in [6, 6.07) is 1.51. The van der Waals surface area contributed by atoms with Gasteiger partial charge in [-0.15, -0.1) is 0 Å². The van der Waals surface area contributed by atoms with E-state index in [1.165, 1.54) is 6.33 Å². The summed E-state index contributed by atoms with van der Waals surface area (Å²) in [5, 5.41) is 8.66. The lowest BCUT2D eigenvalue weighted by Gasteiger charge is -2.08. The van der Waals surface area contributed by atoms with E-state index in [0.29, 0.717) is 10.4 Å². The first kappa shape index (κ1) is 13.7. The standard InChI is InChI=1S/C9H4F3N3O2S2/c10-9(11,12)5-2-1-4(7(16)17)6(15-5)18-8-13-3-14-19-8/h1-3H,(H,16,17). The molecule has 0 atom stereocenters. The number of rotatable bonds is 3. The molecule has 2 aromatic rings. The Labute approximate surface area is 112 Å². The van der Waals surface area contributed by atoms with Crippen LogP contribution in [0.1, 0.15) is 16.1 Å². The van der Waals surface area contributed by atoms with E-state index >= 15 is 0 Å². The number of carbonyl (C=O) groups is 1. The van der Waals surface area contributed by atoms with Gasteiger partial charge in [0.15, 0.2) is 4.34 Å². The zero-order valence-corrected chi connectivity index (χ0v) is 10.5. The topological polar surface area (TPSA) is 76.0 Å². The maximum Gasteiger partial charge on any atom is 0.433 e. The third kappa shape index (κ3) is 3.20. The van der Waals surface area contributed by atoms with Gasteiger partial charge in [-0.1, -0.05) is 0 Å². The van der Waals surface area contributed by atoms with Crippen molar-refractivity contribution in [2.45, 2.75) is 15.5 Å². The summed E-state index contributed by atoms with van der Waals surface area (Å²) in [5.41, 5.74) is -1.46. The minimum Gasteiger partial charge on any atom is -0.478 e. The predicted molar refractivity (Wildman–Crippen MR) is 60.2 cm³/mol. The summed E-state index contributed by atoms with van der Waals surface area (Å²) < 4.78 is 41.6. The van der Waals surface area contributed by atoms with Crippen molar-refractivity contribution >= 4 is 29.3 Å². The van der Waals surface area contributed by atoms with Gasteiger partial charge >= 0.3 is 12.1 Å². The van der Waals surface area contributed by atoms with Gasteiger partial charge in [-0.2, -0.15) is 17.5 Å². The van der Waals surface area contributed by atoms with Crippen LogP contribution in [0.15, 0.2) is 27.8 Å². The van der Waals surface area contributed by atoms with Crippen molar-refractivity contribution in [1.29, 1.82) is 0 Å². The van der Waals surface area contributed by atoms with Gasteiger partial charge < -0.3 is 5.11 Å². The molecule has 2 aromatic heterocycles. The van der Waals surface area contributed by atoms with Crippen LogP contribution in [-0.4, -0.2) is 25.4 Å². The molecular weight excluding hydrogens is 303 g/mol. The molecule has 2 rings (SSSR count). The average Bonchev–Trinajstić information content (AvgIpc) is 2.80. The minimum absolute atomic E-state index is 0.265. The molecule has 0 spiro atoms. The normalized spacial score (nSPS) is 11.5. The summed E-state index contributed by atoms with van der Waals surface area (Å²) in [5.74, 6) is -1.35. The number of aromatic carboxylic acids is 1. The van der Waals surface area contributed by atoms with Crippen LogP contribution in [0.25, 0.3) is 0 Å². The summed E-state index contributed by atoms with van der Waals surface area (Å²) in [6.45, 7) is 0. The third-order valence-electron chi connectivity index (χ3n) is 1.91. The van der Waals surface area contributed by atoms with Crippen molar-refractivity contribution in [3.05, 3.63) is 29.7 Å². The zero-order valence-electron chi connectivity index (χ0n) is 8.88. The van der Waals surface area contributed by atoms with Gasteiger partial charge in [0, 0.05) is 0 Å². The van der Waals surface area contributed by atoms with Gasteiger partial charge in [0.2, 0.25) is 0 Å². The van der Waals surface area contributed by atoms with Gasteiger partial charge in [0.25, 0.3) is 0 Å². The van der Waals surface area contributed by atoms with E-state index in [9.17, 15) is 18.0 Å². The first-order chi connectivity index (χ1) is 8.88. The molecule has 2 heterocycles. The number of carboxylic acid groups (broad SMARTS) is 1. The third-order valence-corrected chi connectivity index (χ3v) is 3.63. The van der Waals surface area contributed by atoms with Gasteiger partial charge in [0.05, 0.1) is 5.56 Å². The molecule has 0 bridgehead atoms. The highest BCUT2D eigenvalue weighted by atomic mass is 32.2. The number of pyridine rings is 1. The van der Waals surface area contributed by atoms with E-state index in [1.54, 1.807) is 0 Å². The zero-order chi connectivity index (χ0) is 14.0. The van der Waals surface area contributed by atoms with E-state index in [0.717, 1.165) is 29.4 Å². The molecule has 0 radical (unpaired) electrons. The Balaban J connectivity index is 2.45. The monoisotopic (exact) mass is 307 g/mol. The first-order valence-electron chi connectivity index (χ1n) is 4.64. The van der Waals surface area contributed by atoms with Gasteiger partial charge in [-0.05, 0) is 35.4 Å². The van der Waals surface area contributed by atoms with Crippen molar-refractivity contribution in [3.8, 4) is 0 Å². The van der Waals surface area contributed by atoms with E-state index in [-0.39, 0.29) is 10.6 Å². The molecule has 0 amide bonds. The molecule has 0 saturated carbocycles. The van der Waals surface area contributed by atoms with Crippen LogP contribution in [0, 0.1) is 0 Å². The summed E-state index contributed by atoms with van der Waals surface area (Å²) >= 11 is 1.67. The number of carboxylic acids is 1. The summed E-state index contributed by atoms with van der Waals surface area (Å²) in [4.78, 5) is 18.0. The fourth-order valence-corrected chi connectivity index (χ4v) is 2.60. The van der Waals surface area contributed by atoms with Crippen LogP contribution in [0.2, 0.25) is 0 Å². The second kappa shape index (κ2) is 5.13. The van der Waals surface area contributed by atoms with Crippen molar-refractivity contribution in [2.75, 3.05) is 0 Å². The molecule has 19 heavy (non-hydrogen) atoms. The van der Waals surface area contributed by atoms with Crippen molar-refractivity contribution in [3.63, 3.8) is 0 Å². The molecule has 5 nitrogen and oxygen atoms in total. The number of hydrogen-bond donors (Lipinski definition) is 1. The Morgan fingerprint density at radius 2 is 2.11 bits per heavy atom. The highest BCUT2D eigenvalue weighted by Gasteiger charge is 2.33. The van der Waals surface area contributed by atoms with Crippen LogP contribution >= 0.6 is 23.3 Å². The Kier molecular flexibility index (Phi) is 3.71.